The molecule has 0 spiro atoms. The second-order valence-corrected chi connectivity index (χ2v) is 6.19. The summed E-state index contributed by atoms with van der Waals surface area (Å²) in [5, 5.41) is 0. The lowest BCUT2D eigenvalue weighted by Crippen LogP contribution is -2.29. The zero-order valence-corrected chi connectivity index (χ0v) is 12.0. The smallest absolute Gasteiger partial charge is 0.104 e. The molecule has 0 amide bonds. The lowest BCUT2D eigenvalue weighted by atomic mass is 9.96. The van der Waals surface area contributed by atoms with Crippen molar-refractivity contribution in [3.05, 3.63) is 35.4 Å². The van der Waals surface area contributed by atoms with E-state index in [1.54, 1.807) is 0 Å². The number of hydrogen-bond donors (Lipinski definition) is 1. The van der Waals surface area contributed by atoms with E-state index in [2.05, 4.69) is 38.8 Å². The largest absolute Gasteiger partial charge is 0.389 e. The van der Waals surface area contributed by atoms with E-state index in [1.165, 1.54) is 5.56 Å². The molecule has 0 heterocycles. The van der Waals surface area contributed by atoms with Crippen LogP contribution in [0.25, 0.3) is 0 Å². The van der Waals surface area contributed by atoms with E-state index in [9.17, 15) is 0 Å². The highest BCUT2D eigenvalue weighted by Gasteiger charge is 2.14. The Kier molecular flexibility index (Phi) is 4.66. The third kappa shape index (κ3) is 4.84. The molecule has 0 aliphatic heterocycles. The molecule has 94 valence electrons. The molecule has 0 aliphatic carbocycles. The summed E-state index contributed by atoms with van der Waals surface area (Å²) in [4.78, 5) is 2.78. The Bertz CT molecular complexity index is 393. The predicted molar refractivity (Wildman–Crippen MR) is 78.1 cm³/mol. The van der Waals surface area contributed by atoms with Gasteiger partial charge in [-0.3, -0.25) is 0 Å². The first-order valence-corrected chi connectivity index (χ1v) is 6.27. The van der Waals surface area contributed by atoms with Gasteiger partial charge in [-0.15, -0.1) is 0 Å². The number of thiocarbonyl (C=S) groups is 1. The van der Waals surface area contributed by atoms with Gasteiger partial charge in [0.1, 0.15) is 4.99 Å². The molecule has 0 unspecified atom stereocenters. The van der Waals surface area contributed by atoms with Crippen molar-refractivity contribution >= 4 is 17.2 Å². The van der Waals surface area contributed by atoms with Gasteiger partial charge in [-0.05, 0) is 18.0 Å². The fourth-order valence-corrected chi connectivity index (χ4v) is 2.25. The number of rotatable bonds is 4. The first-order chi connectivity index (χ1) is 7.79. The lowest BCUT2D eigenvalue weighted by molar-refractivity contribution is 0.221. The zero-order valence-electron chi connectivity index (χ0n) is 11.2. The van der Waals surface area contributed by atoms with E-state index in [0.29, 0.717) is 10.4 Å². The van der Waals surface area contributed by atoms with Crippen LogP contribution in [0.5, 0.6) is 0 Å². The summed E-state index contributed by atoms with van der Waals surface area (Å²) in [6, 6.07) is 8.08. The molecule has 0 aliphatic rings. The second kappa shape index (κ2) is 5.61. The fourth-order valence-electron chi connectivity index (χ4n) is 2.06. The van der Waals surface area contributed by atoms with Crippen molar-refractivity contribution in [3.8, 4) is 0 Å². The van der Waals surface area contributed by atoms with Crippen LogP contribution in [0.1, 0.15) is 31.9 Å². The van der Waals surface area contributed by atoms with E-state index >= 15 is 0 Å². The maximum atomic E-state index is 5.73. The van der Waals surface area contributed by atoms with Crippen LogP contribution >= 0.6 is 12.2 Å². The van der Waals surface area contributed by atoms with E-state index in [4.69, 9.17) is 18.0 Å². The highest BCUT2D eigenvalue weighted by molar-refractivity contribution is 7.80. The lowest BCUT2D eigenvalue weighted by Gasteiger charge is -2.27. The Balaban J connectivity index is 2.78. The van der Waals surface area contributed by atoms with Gasteiger partial charge in [0, 0.05) is 18.7 Å². The number of nitrogens with two attached hydrogens (primary N) is 1. The maximum Gasteiger partial charge on any atom is 0.104 e. The predicted octanol–water partition coefficient (Wildman–Crippen LogP) is 2.80. The molecule has 17 heavy (non-hydrogen) atoms. The molecule has 1 aromatic rings. The summed E-state index contributed by atoms with van der Waals surface area (Å²) in [6.45, 7) is 8.64. The van der Waals surface area contributed by atoms with Gasteiger partial charge in [0.15, 0.2) is 0 Å². The van der Waals surface area contributed by atoms with Crippen molar-refractivity contribution in [2.24, 2.45) is 11.1 Å². The second-order valence-electron chi connectivity index (χ2n) is 5.75. The minimum atomic E-state index is 0.299. The van der Waals surface area contributed by atoms with Crippen molar-refractivity contribution in [1.29, 1.82) is 0 Å². The third-order valence-corrected chi connectivity index (χ3v) is 2.69. The highest BCUT2D eigenvalue weighted by Crippen LogP contribution is 2.17. The average Bonchev–Trinajstić information content (AvgIpc) is 2.14. The monoisotopic (exact) mass is 250 g/mol. The third-order valence-electron chi connectivity index (χ3n) is 2.47. The summed E-state index contributed by atoms with van der Waals surface area (Å²) in [5.74, 6) is 0. The first kappa shape index (κ1) is 14.1. The van der Waals surface area contributed by atoms with Crippen LogP contribution < -0.4 is 5.73 Å². The molecule has 2 N–H and O–H groups in total. The van der Waals surface area contributed by atoms with E-state index in [1.807, 2.05) is 18.2 Å². The summed E-state index contributed by atoms with van der Waals surface area (Å²) in [5.41, 5.74) is 8.22. The van der Waals surface area contributed by atoms with Gasteiger partial charge in [-0.1, -0.05) is 57.3 Å². The van der Waals surface area contributed by atoms with Gasteiger partial charge >= 0.3 is 0 Å². The van der Waals surface area contributed by atoms with Crippen molar-refractivity contribution in [2.75, 3.05) is 13.6 Å². The Hall–Kier alpha value is -0.930. The first-order valence-electron chi connectivity index (χ1n) is 5.86. The van der Waals surface area contributed by atoms with Gasteiger partial charge in [0.05, 0.1) is 0 Å². The van der Waals surface area contributed by atoms with Crippen molar-refractivity contribution in [3.63, 3.8) is 0 Å². The SMILES string of the molecule is CN(Cc1ccccc1C(N)=S)CC(C)(C)C. The van der Waals surface area contributed by atoms with E-state index in [-0.39, 0.29) is 0 Å². The van der Waals surface area contributed by atoms with E-state index < -0.39 is 0 Å². The quantitative estimate of drug-likeness (QED) is 0.833. The van der Waals surface area contributed by atoms with Gasteiger partial charge in [0.25, 0.3) is 0 Å². The topological polar surface area (TPSA) is 29.3 Å². The molecule has 1 rings (SSSR count). The van der Waals surface area contributed by atoms with Gasteiger partial charge in [-0.2, -0.15) is 0 Å². The Morgan fingerprint density at radius 2 is 1.88 bits per heavy atom. The molecule has 0 aromatic heterocycles. The maximum absolute atomic E-state index is 5.73. The van der Waals surface area contributed by atoms with Crippen LogP contribution in [-0.2, 0) is 6.54 Å². The molecular formula is C14H22N2S. The number of hydrogen-bond acceptors (Lipinski definition) is 2. The molecule has 0 saturated carbocycles. The van der Waals surface area contributed by atoms with Crippen LogP contribution in [0.4, 0.5) is 0 Å². The Morgan fingerprint density at radius 3 is 2.41 bits per heavy atom. The van der Waals surface area contributed by atoms with Gasteiger partial charge in [0.2, 0.25) is 0 Å². The van der Waals surface area contributed by atoms with Gasteiger partial charge < -0.3 is 10.6 Å². The summed E-state index contributed by atoms with van der Waals surface area (Å²) in [6.07, 6.45) is 0. The zero-order chi connectivity index (χ0) is 13.1. The van der Waals surface area contributed by atoms with Crippen LogP contribution in [-0.4, -0.2) is 23.5 Å². The average molecular weight is 250 g/mol. The molecule has 0 bridgehead atoms. The highest BCUT2D eigenvalue weighted by atomic mass is 32.1. The van der Waals surface area contributed by atoms with Crippen LogP contribution in [0.15, 0.2) is 24.3 Å². The molecular weight excluding hydrogens is 228 g/mol. The summed E-state index contributed by atoms with van der Waals surface area (Å²) in [7, 11) is 2.13. The minimum Gasteiger partial charge on any atom is -0.389 e. The fraction of sp³-hybridized carbons (Fsp3) is 0.500. The molecule has 2 nitrogen and oxygen atoms in total. The molecule has 0 fully saturated rings. The molecule has 0 radical (unpaired) electrons. The van der Waals surface area contributed by atoms with Gasteiger partial charge in [-0.25, -0.2) is 0 Å². The molecule has 0 saturated heterocycles. The standard InChI is InChI=1S/C14H22N2S/c1-14(2,3)10-16(4)9-11-7-5-6-8-12(11)13(15)17/h5-8H,9-10H2,1-4H3,(H2,15,17). The summed E-state index contributed by atoms with van der Waals surface area (Å²) >= 11 is 5.07. The van der Waals surface area contributed by atoms with Crippen LogP contribution in [0.2, 0.25) is 0 Å². The van der Waals surface area contributed by atoms with Crippen molar-refractivity contribution in [1.82, 2.24) is 4.90 Å². The minimum absolute atomic E-state index is 0.299. The van der Waals surface area contributed by atoms with E-state index in [0.717, 1.165) is 18.7 Å². The van der Waals surface area contributed by atoms with Crippen molar-refractivity contribution < 1.29 is 0 Å². The number of benzene rings is 1. The Labute approximate surface area is 110 Å². The molecule has 0 atom stereocenters. The Morgan fingerprint density at radius 1 is 1.29 bits per heavy atom. The van der Waals surface area contributed by atoms with Crippen LogP contribution in [0.3, 0.4) is 0 Å². The number of nitrogens with zero attached hydrogens (tertiary/aromatic N) is 1. The normalized spacial score (nSPS) is 11.8. The van der Waals surface area contributed by atoms with Crippen LogP contribution in [0, 0.1) is 5.41 Å². The van der Waals surface area contributed by atoms with Crippen molar-refractivity contribution in [2.45, 2.75) is 27.3 Å². The summed E-state index contributed by atoms with van der Waals surface area (Å²) < 4.78 is 0. The molecule has 3 heteroatoms. The molecule has 1 aromatic carbocycles.